The molecule has 0 saturated heterocycles. The van der Waals surface area contributed by atoms with Crippen LogP contribution in [0.25, 0.3) is 10.9 Å². The van der Waals surface area contributed by atoms with Crippen molar-refractivity contribution in [3.63, 3.8) is 0 Å². The molecule has 20 heavy (non-hydrogen) atoms. The maximum atomic E-state index is 10.6. The number of carbonyl (C=O) groups is 1. The van der Waals surface area contributed by atoms with Crippen molar-refractivity contribution < 1.29 is 9.53 Å². The highest BCUT2D eigenvalue weighted by atomic mass is 35.5. The Balaban J connectivity index is 1.90. The second-order valence-corrected chi connectivity index (χ2v) is 5.22. The van der Waals surface area contributed by atoms with Gasteiger partial charge in [0.1, 0.15) is 11.3 Å². The zero-order valence-corrected chi connectivity index (χ0v) is 12.3. The molecule has 0 fully saturated rings. The lowest BCUT2D eigenvalue weighted by Gasteiger charge is -2.09. The summed E-state index contributed by atoms with van der Waals surface area (Å²) in [4.78, 5) is 15.1. The summed E-state index contributed by atoms with van der Waals surface area (Å²) in [5.74, 6) is 0.819. The predicted molar refractivity (Wildman–Crippen MR) is 81.3 cm³/mol. The molecule has 0 unspecified atom stereocenters. The summed E-state index contributed by atoms with van der Waals surface area (Å²) in [6.07, 6.45) is 3.11. The first-order valence-corrected chi connectivity index (χ1v) is 7.22. The molecule has 0 radical (unpaired) electrons. The van der Waals surface area contributed by atoms with Gasteiger partial charge in [-0.15, -0.1) is 0 Å². The second-order valence-electron chi connectivity index (χ2n) is 4.79. The molecule has 1 aromatic carbocycles. The monoisotopic (exact) mass is 291 g/mol. The van der Waals surface area contributed by atoms with Crippen LogP contribution in [0.1, 0.15) is 31.4 Å². The van der Waals surface area contributed by atoms with Gasteiger partial charge in [0.25, 0.3) is 0 Å². The fraction of sp³-hybridized carbons (Fsp3) is 0.375. The van der Waals surface area contributed by atoms with Crippen LogP contribution >= 0.6 is 11.6 Å². The minimum absolute atomic E-state index is 0.264. The number of unbranched alkanes of at least 4 members (excludes halogenated alkanes) is 2. The number of ether oxygens (including phenoxy) is 1. The Bertz CT molecular complexity index is 598. The predicted octanol–water partition coefficient (Wildman–Crippen LogP) is 4.25. The Morgan fingerprint density at radius 2 is 2.05 bits per heavy atom. The molecule has 0 aliphatic carbocycles. The third-order valence-corrected chi connectivity index (χ3v) is 3.29. The van der Waals surface area contributed by atoms with Crippen LogP contribution in [-0.2, 0) is 4.79 Å². The van der Waals surface area contributed by atoms with Crippen LogP contribution in [0.15, 0.2) is 30.3 Å². The number of pyridine rings is 1. The SMILES string of the molecule is Cc1ccc2cccc(OCCCCCC(=O)Cl)c2n1. The van der Waals surface area contributed by atoms with E-state index < -0.39 is 0 Å². The first-order valence-electron chi connectivity index (χ1n) is 6.84. The summed E-state index contributed by atoms with van der Waals surface area (Å²) in [5.41, 5.74) is 1.89. The summed E-state index contributed by atoms with van der Waals surface area (Å²) >= 11 is 5.29. The van der Waals surface area contributed by atoms with Gasteiger partial charge in [-0.05, 0) is 49.9 Å². The van der Waals surface area contributed by atoms with E-state index in [4.69, 9.17) is 16.3 Å². The molecule has 2 aromatic rings. The first-order chi connectivity index (χ1) is 9.66. The molecular formula is C16H18ClNO2. The molecule has 106 valence electrons. The number of aromatic nitrogens is 1. The highest BCUT2D eigenvalue weighted by molar-refractivity contribution is 6.63. The van der Waals surface area contributed by atoms with Gasteiger partial charge >= 0.3 is 0 Å². The van der Waals surface area contributed by atoms with Crippen molar-refractivity contribution in [2.24, 2.45) is 0 Å². The Labute approximate surface area is 123 Å². The smallest absolute Gasteiger partial charge is 0.221 e. The van der Waals surface area contributed by atoms with Gasteiger partial charge in [0, 0.05) is 17.5 Å². The van der Waals surface area contributed by atoms with Gasteiger partial charge in [0.05, 0.1) is 6.61 Å². The number of fused-ring (bicyclic) bond motifs is 1. The zero-order valence-electron chi connectivity index (χ0n) is 11.6. The summed E-state index contributed by atoms with van der Waals surface area (Å²) < 4.78 is 5.80. The minimum atomic E-state index is -0.264. The molecule has 0 saturated carbocycles. The fourth-order valence-electron chi connectivity index (χ4n) is 2.06. The van der Waals surface area contributed by atoms with Crippen LogP contribution in [0.3, 0.4) is 0 Å². The summed E-state index contributed by atoms with van der Waals surface area (Å²) in [5, 5.41) is 0.820. The number of benzene rings is 1. The molecule has 0 aliphatic rings. The number of hydrogen-bond acceptors (Lipinski definition) is 3. The third kappa shape index (κ3) is 4.20. The molecule has 0 bridgehead atoms. The van der Waals surface area contributed by atoms with Crippen molar-refractivity contribution in [1.29, 1.82) is 0 Å². The molecular weight excluding hydrogens is 274 g/mol. The van der Waals surface area contributed by atoms with Gasteiger partial charge in [0.15, 0.2) is 0 Å². The Hall–Kier alpha value is -1.61. The summed E-state index contributed by atoms with van der Waals surface area (Å²) in [6.45, 7) is 2.60. The molecule has 2 rings (SSSR count). The van der Waals surface area contributed by atoms with Gasteiger partial charge in [0.2, 0.25) is 5.24 Å². The van der Waals surface area contributed by atoms with E-state index in [0.717, 1.165) is 41.6 Å². The van der Waals surface area contributed by atoms with Crippen molar-refractivity contribution in [2.45, 2.75) is 32.6 Å². The van der Waals surface area contributed by atoms with Gasteiger partial charge < -0.3 is 4.74 Å². The van der Waals surface area contributed by atoms with E-state index in [-0.39, 0.29) is 5.24 Å². The maximum Gasteiger partial charge on any atom is 0.221 e. The lowest BCUT2D eigenvalue weighted by Crippen LogP contribution is -1.99. The standard InChI is InChI=1S/C16H18ClNO2/c1-12-9-10-13-6-5-7-14(16(13)18-12)20-11-4-2-3-8-15(17)19/h5-7,9-10H,2-4,8,11H2,1H3. The molecule has 0 spiro atoms. The summed E-state index contributed by atoms with van der Waals surface area (Å²) in [7, 11) is 0. The van der Waals surface area contributed by atoms with Crippen LogP contribution in [0.2, 0.25) is 0 Å². The largest absolute Gasteiger partial charge is 0.491 e. The number of nitrogens with zero attached hydrogens (tertiary/aromatic N) is 1. The van der Waals surface area contributed by atoms with Gasteiger partial charge in [-0.1, -0.05) is 18.2 Å². The quantitative estimate of drug-likeness (QED) is 0.565. The molecule has 1 aromatic heterocycles. The fourth-order valence-corrected chi connectivity index (χ4v) is 2.19. The highest BCUT2D eigenvalue weighted by Gasteiger charge is 2.04. The second kappa shape index (κ2) is 7.25. The lowest BCUT2D eigenvalue weighted by atomic mass is 10.2. The van der Waals surface area contributed by atoms with Gasteiger partial charge in [-0.3, -0.25) is 4.79 Å². The van der Waals surface area contributed by atoms with Crippen molar-refractivity contribution in [1.82, 2.24) is 4.98 Å². The zero-order chi connectivity index (χ0) is 14.4. The third-order valence-electron chi connectivity index (χ3n) is 3.10. The molecule has 0 N–H and O–H groups in total. The maximum absolute atomic E-state index is 10.6. The number of carbonyl (C=O) groups excluding carboxylic acids is 1. The van der Waals surface area contributed by atoms with Crippen molar-refractivity contribution >= 4 is 27.7 Å². The average molecular weight is 292 g/mol. The molecule has 3 nitrogen and oxygen atoms in total. The van der Waals surface area contributed by atoms with E-state index in [0.29, 0.717) is 13.0 Å². The van der Waals surface area contributed by atoms with E-state index in [1.807, 2.05) is 31.2 Å². The number of hydrogen-bond donors (Lipinski definition) is 0. The molecule has 4 heteroatoms. The van der Waals surface area contributed by atoms with Crippen molar-refractivity contribution in [3.8, 4) is 5.75 Å². The Morgan fingerprint density at radius 3 is 2.85 bits per heavy atom. The number of rotatable bonds is 7. The first kappa shape index (κ1) is 14.8. The van der Waals surface area contributed by atoms with Crippen LogP contribution in [0, 0.1) is 6.92 Å². The number of aryl methyl sites for hydroxylation is 1. The van der Waals surface area contributed by atoms with E-state index in [9.17, 15) is 4.79 Å². The van der Waals surface area contributed by atoms with E-state index in [2.05, 4.69) is 11.1 Å². The topological polar surface area (TPSA) is 39.2 Å². The van der Waals surface area contributed by atoms with Gasteiger partial charge in [-0.2, -0.15) is 0 Å². The molecule has 1 heterocycles. The normalized spacial score (nSPS) is 10.7. The Kier molecular flexibility index (Phi) is 5.36. The van der Waals surface area contributed by atoms with Crippen LogP contribution < -0.4 is 4.74 Å². The van der Waals surface area contributed by atoms with Crippen LogP contribution in [0.4, 0.5) is 0 Å². The Morgan fingerprint density at radius 1 is 1.20 bits per heavy atom. The minimum Gasteiger partial charge on any atom is -0.491 e. The van der Waals surface area contributed by atoms with Crippen molar-refractivity contribution in [2.75, 3.05) is 6.61 Å². The molecule has 0 amide bonds. The average Bonchev–Trinajstić information content (AvgIpc) is 2.42. The molecule has 0 aliphatic heterocycles. The van der Waals surface area contributed by atoms with Crippen LogP contribution in [0.5, 0.6) is 5.75 Å². The van der Waals surface area contributed by atoms with E-state index in [1.54, 1.807) is 0 Å². The van der Waals surface area contributed by atoms with E-state index in [1.165, 1.54) is 0 Å². The number of halogens is 1. The highest BCUT2D eigenvalue weighted by Crippen LogP contribution is 2.24. The number of para-hydroxylation sites is 1. The van der Waals surface area contributed by atoms with Crippen LogP contribution in [-0.4, -0.2) is 16.8 Å². The lowest BCUT2D eigenvalue weighted by molar-refractivity contribution is -0.111. The van der Waals surface area contributed by atoms with Crippen molar-refractivity contribution in [3.05, 3.63) is 36.0 Å². The summed E-state index contributed by atoms with van der Waals surface area (Å²) in [6, 6.07) is 9.99. The van der Waals surface area contributed by atoms with Gasteiger partial charge in [-0.25, -0.2) is 4.98 Å². The van der Waals surface area contributed by atoms with E-state index >= 15 is 0 Å². The molecule has 0 atom stereocenters.